The molecule has 2 aromatic rings. The van der Waals surface area contributed by atoms with E-state index in [0.29, 0.717) is 0 Å². The Labute approximate surface area is 153 Å². The molecule has 2 rings (SSSR count). The third kappa shape index (κ3) is 5.56. The topological polar surface area (TPSA) is 44.8 Å². The molecule has 0 N–H and O–H groups in total. The molecule has 0 aliphatic carbocycles. The van der Waals surface area contributed by atoms with Gasteiger partial charge >= 0.3 is 12.1 Å². The van der Waals surface area contributed by atoms with Crippen LogP contribution in [0.5, 0.6) is 17.2 Å². The minimum atomic E-state index is -4.52. The number of carbonyl (C=O) groups is 1. The van der Waals surface area contributed by atoms with Crippen LogP contribution >= 0.6 is 11.6 Å². The first-order chi connectivity index (χ1) is 12.3. The van der Waals surface area contributed by atoms with Crippen molar-refractivity contribution in [3.05, 3.63) is 53.1 Å². The number of halogens is 4. The number of carbonyl (C=O) groups excluding carboxylic acids is 1. The fourth-order valence-corrected chi connectivity index (χ4v) is 2.16. The number of rotatable bonds is 7. The first-order valence-corrected chi connectivity index (χ1v) is 8.11. The molecule has 0 unspecified atom stereocenters. The van der Waals surface area contributed by atoms with E-state index in [9.17, 15) is 18.0 Å². The zero-order chi connectivity index (χ0) is 19.2. The Morgan fingerprint density at radius 2 is 1.77 bits per heavy atom. The number of alkyl halides is 3. The van der Waals surface area contributed by atoms with Crippen LogP contribution in [0, 0.1) is 0 Å². The van der Waals surface area contributed by atoms with Crippen LogP contribution in [-0.2, 0) is 15.7 Å². The van der Waals surface area contributed by atoms with Crippen LogP contribution in [0.4, 0.5) is 13.2 Å². The summed E-state index contributed by atoms with van der Waals surface area (Å²) in [7, 11) is 0. The van der Waals surface area contributed by atoms with Crippen molar-refractivity contribution in [2.45, 2.75) is 19.5 Å². The van der Waals surface area contributed by atoms with Gasteiger partial charge in [-0.15, -0.1) is 0 Å². The summed E-state index contributed by atoms with van der Waals surface area (Å²) < 4.78 is 54.3. The molecular formula is C18H16ClF3O4. The molecule has 0 aliphatic rings. The Balaban J connectivity index is 2.14. The van der Waals surface area contributed by atoms with Crippen molar-refractivity contribution in [2.75, 3.05) is 13.2 Å². The lowest BCUT2D eigenvalue weighted by molar-refractivity contribution is -0.143. The molecule has 0 fully saturated rings. The number of benzene rings is 2. The zero-order valence-corrected chi connectivity index (χ0v) is 14.6. The summed E-state index contributed by atoms with van der Waals surface area (Å²) in [5.41, 5.74) is -0.877. The summed E-state index contributed by atoms with van der Waals surface area (Å²) in [5.74, 6) is -0.113. The molecule has 8 heteroatoms. The maximum atomic E-state index is 12.9. The molecule has 2 aromatic carbocycles. The van der Waals surface area contributed by atoms with Gasteiger partial charge in [0.25, 0.3) is 0 Å². The van der Waals surface area contributed by atoms with Crippen molar-refractivity contribution >= 4 is 17.6 Å². The average molecular weight is 389 g/mol. The Morgan fingerprint density at radius 1 is 1.08 bits per heavy atom. The summed E-state index contributed by atoms with van der Waals surface area (Å²) in [6.07, 6.45) is -4.48. The van der Waals surface area contributed by atoms with Gasteiger partial charge in [0.15, 0.2) is 11.5 Å². The van der Waals surface area contributed by atoms with E-state index in [2.05, 4.69) is 0 Å². The third-order valence-electron chi connectivity index (χ3n) is 3.20. The van der Waals surface area contributed by atoms with Crippen LogP contribution in [0.3, 0.4) is 0 Å². The second-order valence-electron chi connectivity index (χ2n) is 5.10. The molecular weight excluding hydrogens is 373 g/mol. The number of esters is 1. The fraction of sp³-hybridized carbons (Fsp3) is 0.278. The molecule has 140 valence electrons. The predicted octanol–water partition coefficient (Wildman–Crippen LogP) is 5.48. The van der Waals surface area contributed by atoms with Crippen molar-refractivity contribution in [1.82, 2.24) is 0 Å². The van der Waals surface area contributed by atoms with Gasteiger partial charge in [0.2, 0.25) is 0 Å². The Bertz CT molecular complexity index is 762. The van der Waals surface area contributed by atoms with Crippen molar-refractivity contribution < 1.29 is 32.2 Å². The van der Waals surface area contributed by atoms with Gasteiger partial charge < -0.3 is 14.2 Å². The molecule has 0 spiro atoms. The second kappa shape index (κ2) is 8.80. The molecule has 4 nitrogen and oxygen atoms in total. The molecule has 0 amide bonds. The number of hydrogen-bond donors (Lipinski definition) is 0. The van der Waals surface area contributed by atoms with E-state index in [1.165, 1.54) is 6.07 Å². The molecule has 0 radical (unpaired) electrons. The first-order valence-electron chi connectivity index (χ1n) is 7.73. The van der Waals surface area contributed by atoms with Crippen LogP contribution in [0.2, 0.25) is 5.02 Å². The van der Waals surface area contributed by atoms with Crippen LogP contribution < -0.4 is 9.47 Å². The van der Waals surface area contributed by atoms with Crippen molar-refractivity contribution in [3.63, 3.8) is 0 Å². The second-order valence-corrected chi connectivity index (χ2v) is 5.50. The molecule has 0 heterocycles. The van der Waals surface area contributed by atoms with Gasteiger partial charge in [0, 0.05) is 0 Å². The van der Waals surface area contributed by atoms with E-state index in [1.807, 2.05) is 0 Å². The van der Waals surface area contributed by atoms with Gasteiger partial charge in [-0.2, -0.15) is 13.2 Å². The minimum Gasteiger partial charge on any atom is -0.489 e. The number of hydrogen-bond acceptors (Lipinski definition) is 4. The van der Waals surface area contributed by atoms with Gasteiger partial charge in [-0.1, -0.05) is 23.7 Å². The largest absolute Gasteiger partial charge is 0.489 e. The van der Waals surface area contributed by atoms with Crippen molar-refractivity contribution in [2.24, 2.45) is 0 Å². The summed E-state index contributed by atoms with van der Waals surface area (Å²) in [5, 5.41) is 0.0272. The van der Waals surface area contributed by atoms with Gasteiger partial charge in [-0.25, -0.2) is 0 Å². The monoisotopic (exact) mass is 388 g/mol. The SMILES string of the molecule is CCOC(=O)CCOc1ccccc1Oc1cc(C(F)(F)F)ccc1Cl. The zero-order valence-electron chi connectivity index (χ0n) is 13.8. The Morgan fingerprint density at radius 3 is 2.42 bits per heavy atom. The van der Waals surface area contributed by atoms with E-state index in [-0.39, 0.29) is 41.9 Å². The van der Waals surface area contributed by atoms with E-state index < -0.39 is 17.7 Å². The fourth-order valence-electron chi connectivity index (χ4n) is 2.01. The predicted molar refractivity (Wildman–Crippen MR) is 89.7 cm³/mol. The molecule has 26 heavy (non-hydrogen) atoms. The van der Waals surface area contributed by atoms with Crippen molar-refractivity contribution in [3.8, 4) is 17.2 Å². The average Bonchev–Trinajstić information content (AvgIpc) is 2.57. The quantitative estimate of drug-likeness (QED) is 0.589. The van der Waals surface area contributed by atoms with E-state index >= 15 is 0 Å². The Hall–Kier alpha value is -2.41. The van der Waals surface area contributed by atoms with Gasteiger partial charge in [-0.3, -0.25) is 4.79 Å². The molecule has 0 aliphatic heterocycles. The summed E-state index contributed by atoms with van der Waals surface area (Å²) in [6.45, 7) is 2.00. The molecule has 0 aromatic heterocycles. The minimum absolute atomic E-state index is 0.0272. The summed E-state index contributed by atoms with van der Waals surface area (Å²) in [4.78, 5) is 11.3. The van der Waals surface area contributed by atoms with Gasteiger partial charge in [-0.05, 0) is 37.3 Å². The summed E-state index contributed by atoms with van der Waals surface area (Å²) >= 11 is 5.93. The van der Waals surface area contributed by atoms with Crippen molar-refractivity contribution in [1.29, 1.82) is 0 Å². The summed E-state index contributed by atoms with van der Waals surface area (Å²) in [6, 6.07) is 9.20. The molecule has 0 saturated heterocycles. The standard InChI is InChI=1S/C18H16ClF3O4/c1-2-24-17(23)9-10-25-14-5-3-4-6-15(14)26-16-11-12(18(20,21)22)7-8-13(16)19/h3-8,11H,2,9-10H2,1H3. The maximum absolute atomic E-state index is 12.9. The highest BCUT2D eigenvalue weighted by molar-refractivity contribution is 6.32. The van der Waals surface area contributed by atoms with Crippen LogP contribution in [0.15, 0.2) is 42.5 Å². The lowest BCUT2D eigenvalue weighted by Crippen LogP contribution is -2.10. The van der Waals surface area contributed by atoms with E-state index in [0.717, 1.165) is 18.2 Å². The smallest absolute Gasteiger partial charge is 0.416 e. The molecule has 0 bridgehead atoms. The van der Waals surface area contributed by atoms with Crippen LogP contribution in [0.25, 0.3) is 0 Å². The highest BCUT2D eigenvalue weighted by Crippen LogP contribution is 2.39. The lowest BCUT2D eigenvalue weighted by atomic mass is 10.2. The van der Waals surface area contributed by atoms with Crippen LogP contribution in [0.1, 0.15) is 18.9 Å². The molecule has 0 saturated carbocycles. The molecule has 0 atom stereocenters. The number of para-hydroxylation sites is 2. The van der Waals surface area contributed by atoms with E-state index in [1.54, 1.807) is 25.1 Å². The highest BCUT2D eigenvalue weighted by Gasteiger charge is 2.31. The highest BCUT2D eigenvalue weighted by atomic mass is 35.5. The third-order valence-corrected chi connectivity index (χ3v) is 3.51. The number of ether oxygens (including phenoxy) is 3. The van der Waals surface area contributed by atoms with Crippen LogP contribution in [-0.4, -0.2) is 19.2 Å². The van der Waals surface area contributed by atoms with Gasteiger partial charge in [0.05, 0.1) is 30.2 Å². The van der Waals surface area contributed by atoms with E-state index in [4.69, 9.17) is 25.8 Å². The normalized spacial score (nSPS) is 11.1. The Kier molecular flexibility index (Phi) is 6.74. The maximum Gasteiger partial charge on any atom is 0.416 e. The lowest BCUT2D eigenvalue weighted by Gasteiger charge is -2.14. The van der Waals surface area contributed by atoms with Gasteiger partial charge in [0.1, 0.15) is 5.75 Å². The first kappa shape index (κ1) is 19.9.